The molecule has 2 unspecified atom stereocenters. The second kappa shape index (κ2) is 7.24. The van der Waals surface area contributed by atoms with Crippen molar-refractivity contribution in [1.29, 1.82) is 0 Å². The van der Waals surface area contributed by atoms with Gasteiger partial charge in [-0.25, -0.2) is 0 Å². The molecule has 0 amide bonds. The van der Waals surface area contributed by atoms with Crippen molar-refractivity contribution < 1.29 is 0 Å². The first-order valence-electron chi connectivity index (χ1n) is 7.93. The Morgan fingerprint density at radius 3 is 2.15 bits per heavy atom. The van der Waals surface area contributed by atoms with E-state index >= 15 is 0 Å². The van der Waals surface area contributed by atoms with Crippen molar-refractivity contribution in [3.8, 4) is 0 Å². The van der Waals surface area contributed by atoms with E-state index in [1.54, 1.807) is 0 Å². The normalized spacial score (nSPS) is 16.2. The minimum absolute atomic E-state index is 0.137. The summed E-state index contributed by atoms with van der Waals surface area (Å²) in [7, 11) is 2.08. The van der Waals surface area contributed by atoms with Gasteiger partial charge in [0.1, 0.15) is 0 Å². The third-order valence-electron chi connectivity index (χ3n) is 4.85. The lowest BCUT2D eigenvalue weighted by Gasteiger charge is -2.46. The van der Waals surface area contributed by atoms with Crippen LogP contribution in [-0.2, 0) is 0 Å². The van der Waals surface area contributed by atoms with E-state index in [2.05, 4.69) is 77.0 Å². The van der Waals surface area contributed by atoms with Crippen LogP contribution in [0.2, 0.25) is 0 Å². The van der Waals surface area contributed by atoms with Crippen LogP contribution in [0.4, 0.5) is 0 Å². The first-order valence-corrected chi connectivity index (χ1v) is 7.93. The lowest BCUT2D eigenvalue weighted by atomic mass is 9.81. The van der Waals surface area contributed by atoms with Gasteiger partial charge in [0, 0.05) is 5.54 Å². The molecule has 20 heavy (non-hydrogen) atoms. The number of nitrogens with zero attached hydrogens (tertiary/aromatic N) is 1. The smallest absolute Gasteiger partial charge is 0.0504 e. The molecule has 1 aromatic carbocycles. The average Bonchev–Trinajstić information content (AvgIpc) is 2.43. The van der Waals surface area contributed by atoms with Crippen molar-refractivity contribution in [1.82, 2.24) is 10.2 Å². The van der Waals surface area contributed by atoms with Crippen LogP contribution in [0.1, 0.15) is 56.8 Å². The second-order valence-corrected chi connectivity index (χ2v) is 5.96. The Bertz CT molecular complexity index is 423. The predicted octanol–water partition coefficient (Wildman–Crippen LogP) is 4.07. The van der Waals surface area contributed by atoms with Gasteiger partial charge >= 0.3 is 0 Å². The van der Waals surface area contributed by atoms with Crippen LogP contribution in [-0.4, -0.2) is 30.6 Å². The molecule has 0 aliphatic heterocycles. The van der Waals surface area contributed by atoms with E-state index in [1.165, 1.54) is 16.7 Å². The Hall–Kier alpha value is -0.860. The molecule has 1 rings (SSSR count). The number of nitrogens with one attached hydrogen (secondary N) is 1. The molecule has 0 aromatic heterocycles. The minimum Gasteiger partial charge on any atom is -0.311 e. The fourth-order valence-corrected chi connectivity index (χ4v) is 3.51. The Balaban J connectivity index is 3.27. The number of likely N-dealkylation sites (N-methyl/N-ethyl adjacent to an activating group) is 2. The fourth-order valence-electron chi connectivity index (χ4n) is 3.51. The van der Waals surface area contributed by atoms with Crippen LogP contribution in [0.5, 0.6) is 0 Å². The summed E-state index contributed by atoms with van der Waals surface area (Å²) in [4.78, 5) is 2.58. The van der Waals surface area contributed by atoms with Gasteiger partial charge in [-0.2, -0.15) is 0 Å². The Morgan fingerprint density at radius 2 is 1.75 bits per heavy atom. The molecule has 0 radical (unpaired) electrons. The molecule has 114 valence electrons. The third-order valence-corrected chi connectivity index (χ3v) is 4.85. The highest BCUT2D eigenvalue weighted by Gasteiger charge is 2.37. The summed E-state index contributed by atoms with van der Waals surface area (Å²) >= 11 is 0. The number of aryl methyl sites for hydroxylation is 2. The van der Waals surface area contributed by atoms with Crippen LogP contribution in [0.25, 0.3) is 0 Å². The summed E-state index contributed by atoms with van der Waals surface area (Å²) < 4.78 is 0. The van der Waals surface area contributed by atoms with Crippen molar-refractivity contribution in [2.45, 2.75) is 59.5 Å². The molecular formula is C18H32N2. The second-order valence-electron chi connectivity index (χ2n) is 5.96. The van der Waals surface area contributed by atoms with Crippen molar-refractivity contribution in [3.05, 3.63) is 34.9 Å². The summed E-state index contributed by atoms with van der Waals surface area (Å²) in [5.41, 5.74) is 4.28. The molecule has 2 atom stereocenters. The molecule has 0 saturated carbocycles. The van der Waals surface area contributed by atoms with Gasteiger partial charge in [-0.05, 0) is 58.5 Å². The van der Waals surface area contributed by atoms with E-state index in [0.29, 0.717) is 6.04 Å². The van der Waals surface area contributed by atoms with Crippen LogP contribution in [0.3, 0.4) is 0 Å². The molecule has 0 bridgehead atoms. The van der Waals surface area contributed by atoms with Crippen molar-refractivity contribution >= 4 is 0 Å². The van der Waals surface area contributed by atoms with Gasteiger partial charge in [0.15, 0.2) is 0 Å². The zero-order chi connectivity index (χ0) is 15.3. The van der Waals surface area contributed by atoms with Gasteiger partial charge in [-0.1, -0.05) is 44.5 Å². The van der Waals surface area contributed by atoms with Crippen LogP contribution in [0.15, 0.2) is 18.2 Å². The third kappa shape index (κ3) is 3.24. The van der Waals surface area contributed by atoms with Crippen molar-refractivity contribution in [2.75, 3.05) is 20.1 Å². The molecule has 1 N–H and O–H groups in total. The maximum Gasteiger partial charge on any atom is 0.0504 e. The standard InChI is InChI=1S/C18H32N2/c1-8-18(6,20(9-2)10-3)17(19-7)16-12-11-14(4)13-15(16)5/h11-13,17,19H,8-10H2,1-7H3. The predicted molar refractivity (Wildman–Crippen MR) is 89.3 cm³/mol. The van der Waals surface area contributed by atoms with E-state index < -0.39 is 0 Å². The molecular weight excluding hydrogens is 244 g/mol. The number of hydrogen-bond donors (Lipinski definition) is 1. The Labute approximate surface area is 125 Å². The highest BCUT2D eigenvalue weighted by Crippen LogP contribution is 2.35. The van der Waals surface area contributed by atoms with Crippen molar-refractivity contribution in [2.24, 2.45) is 0 Å². The molecule has 0 aliphatic rings. The highest BCUT2D eigenvalue weighted by atomic mass is 15.2. The van der Waals surface area contributed by atoms with Gasteiger partial charge in [0.05, 0.1) is 6.04 Å². The molecule has 2 nitrogen and oxygen atoms in total. The van der Waals surface area contributed by atoms with Crippen LogP contribution >= 0.6 is 0 Å². The fraction of sp³-hybridized carbons (Fsp3) is 0.667. The summed E-state index contributed by atoms with van der Waals surface area (Å²) in [6.45, 7) is 15.8. The van der Waals surface area contributed by atoms with Gasteiger partial charge < -0.3 is 5.32 Å². The number of hydrogen-bond acceptors (Lipinski definition) is 2. The molecule has 0 aliphatic carbocycles. The molecule has 1 aromatic rings. The topological polar surface area (TPSA) is 15.3 Å². The number of benzene rings is 1. The van der Waals surface area contributed by atoms with E-state index in [1.807, 2.05) is 0 Å². The Morgan fingerprint density at radius 1 is 1.15 bits per heavy atom. The molecule has 0 fully saturated rings. The lowest BCUT2D eigenvalue weighted by Crippen LogP contribution is -2.53. The van der Waals surface area contributed by atoms with Crippen molar-refractivity contribution in [3.63, 3.8) is 0 Å². The summed E-state index contributed by atoms with van der Waals surface area (Å²) in [5.74, 6) is 0. The summed E-state index contributed by atoms with van der Waals surface area (Å²) in [5, 5.41) is 3.58. The maximum absolute atomic E-state index is 3.58. The van der Waals surface area contributed by atoms with Gasteiger partial charge in [0.25, 0.3) is 0 Å². The van der Waals surface area contributed by atoms with E-state index in [0.717, 1.165) is 19.5 Å². The van der Waals surface area contributed by atoms with E-state index in [-0.39, 0.29) is 5.54 Å². The Kier molecular flexibility index (Phi) is 6.22. The van der Waals surface area contributed by atoms with E-state index in [9.17, 15) is 0 Å². The monoisotopic (exact) mass is 276 g/mol. The van der Waals surface area contributed by atoms with E-state index in [4.69, 9.17) is 0 Å². The minimum atomic E-state index is 0.137. The summed E-state index contributed by atoms with van der Waals surface area (Å²) in [6, 6.07) is 7.17. The molecule has 0 saturated heterocycles. The largest absolute Gasteiger partial charge is 0.311 e. The molecule has 0 heterocycles. The summed E-state index contributed by atoms with van der Waals surface area (Å²) in [6.07, 6.45) is 1.13. The van der Waals surface area contributed by atoms with Gasteiger partial charge in [0.2, 0.25) is 0 Å². The molecule has 0 spiro atoms. The first-order chi connectivity index (χ1) is 9.44. The first kappa shape index (κ1) is 17.2. The molecule has 2 heteroatoms. The van der Waals surface area contributed by atoms with Gasteiger partial charge in [-0.3, -0.25) is 4.90 Å². The van der Waals surface area contributed by atoms with Crippen LogP contribution in [0, 0.1) is 13.8 Å². The SMILES string of the molecule is CCN(CC)C(C)(CC)C(NC)c1ccc(C)cc1C. The average molecular weight is 276 g/mol. The lowest BCUT2D eigenvalue weighted by molar-refractivity contribution is 0.0726. The number of rotatable bonds is 7. The zero-order valence-corrected chi connectivity index (χ0v) is 14.4. The van der Waals surface area contributed by atoms with Gasteiger partial charge in [-0.15, -0.1) is 0 Å². The highest BCUT2D eigenvalue weighted by molar-refractivity contribution is 5.34. The quantitative estimate of drug-likeness (QED) is 0.807. The zero-order valence-electron chi connectivity index (χ0n) is 14.4. The van der Waals surface area contributed by atoms with Crippen LogP contribution < -0.4 is 5.32 Å². The maximum atomic E-state index is 3.58.